The number of aliphatic hydroxyl groups is 2. The van der Waals surface area contributed by atoms with Crippen LogP contribution in [0.3, 0.4) is 0 Å². The molecule has 3 rings (SSSR count). The van der Waals surface area contributed by atoms with Crippen LogP contribution in [-0.2, 0) is 11.8 Å². The van der Waals surface area contributed by atoms with Crippen molar-refractivity contribution >= 4 is 11.8 Å². The van der Waals surface area contributed by atoms with Crippen LogP contribution in [0.2, 0.25) is 0 Å². The summed E-state index contributed by atoms with van der Waals surface area (Å²) in [6, 6.07) is 7.59. The molecule has 1 saturated heterocycles. The number of ether oxygens (including phenoxy) is 2. The van der Waals surface area contributed by atoms with Crippen LogP contribution in [0.5, 0.6) is 5.75 Å². The summed E-state index contributed by atoms with van der Waals surface area (Å²) in [7, 11) is 3.49. The minimum absolute atomic E-state index is 0.154. The van der Waals surface area contributed by atoms with Gasteiger partial charge in [0.1, 0.15) is 24.2 Å². The summed E-state index contributed by atoms with van der Waals surface area (Å²) >= 11 is 1.40. The summed E-state index contributed by atoms with van der Waals surface area (Å²) in [5.41, 5.74) is 6.30. The number of hydrogen-bond donors (Lipinski definition) is 4. The van der Waals surface area contributed by atoms with Gasteiger partial charge in [-0.15, -0.1) is 10.2 Å². The summed E-state index contributed by atoms with van der Waals surface area (Å²) in [6.07, 6.45) is -3.21. The summed E-state index contributed by atoms with van der Waals surface area (Å²) in [6.45, 7) is 0.154. The van der Waals surface area contributed by atoms with Crippen molar-refractivity contribution in [1.29, 1.82) is 0 Å². The first-order valence-corrected chi connectivity index (χ1v) is 9.15. The lowest BCUT2D eigenvalue weighted by molar-refractivity contribution is -0.00327. The highest BCUT2D eigenvalue weighted by atomic mass is 32.2. The molecule has 2 heterocycles. The van der Waals surface area contributed by atoms with E-state index < -0.39 is 24.5 Å². The second-order valence-corrected chi connectivity index (χ2v) is 6.88. The van der Waals surface area contributed by atoms with E-state index in [0.717, 1.165) is 11.3 Å². The molecule has 0 saturated carbocycles. The molecule has 1 aliphatic rings. The van der Waals surface area contributed by atoms with Crippen molar-refractivity contribution < 1.29 is 19.7 Å². The molecule has 0 radical (unpaired) electrons. The van der Waals surface area contributed by atoms with Gasteiger partial charge in [0.05, 0.1) is 13.2 Å². The number of benzene rings is 1. The third-order valence-electron chi connectivity index (χ3n) is 4.22. The van der Waals surface area contributed by atoms with Crippen molar-refractivity contribution in [1.82, 2.24) is 20.1 Å². The molecule has 1 aromatic heterocycles. The van der Waals surface area contributed by atoms with Gasteiger partial charge in [-0.05, 0) is 12.1 Å². The van der Waals surface area contributed by atoms with Crippen molar-refractivity contribution in [3.63, 3.8) is 0 Å². The van der Waals surface area contributed by atoms with Gasteiger partial charge in [0.2, 0.25) is 0 Å². The Morgan fingerprint density at radius 3 is 2.88 bits per heavy atom. The van der Waals surface area contributed by atoms with Crippen LogP contribution < -0.4 is 15.8 Å². The largest absolute Gasteiger partial charge is 0.497 e. The molecule has 0 aliphatic carbocycles. The number of aliphatic hydroxyl groups excluding tert-OH is 2. The fraction of sp³-hybridized carbons (Fsp3) is 0.500. The molecule has 1 fully saturated rings. The Labute approximate surface area is 155 Å². The van der Waals surface area contributed by atoms with Gasteiger partial charge in [0.25, 0.3) is 0 Å². The predicted octanol–water partition coefficient (Wildman–Crippen LogP) is -0.465. The van der Waals surface area contributed by atoms with Gasteiger partial charge in [-0.3, -0.25) is 5.32 Å². The van der Waals surface area contributed by atoms with Crippen molar-refractivity contribution in [2.75, 3.05) is 19.5 Å². The Hall–Kier alpha value is -1.69. The Morgan fingerprint density at radius 1 is 1.35 bits per heavy atom. The number of hydrogen-bond acceptors (Lipinski definition) is 9. The van der Waals surface area contributed by atoms with Crippen LogP contribution in [0.25, 0.3) is 11.4 Å². The Balaban J connectivity index is 1.67. The van der Waals surface area contributed by atoms with E-state index in [1.165, 1.54) is 11.8 Å². The second kappa shape index (κ2) is 8.33. The van der Waals surface area contributed by atoms with Gasteiger partial charge >= 0.3 is 0 Å². The van der Waals surface area contributed by atoms with Crippen molar-refractivity contribution in [3.8, 4) is 17.1 Å². The van der Waals surface area contributed by atoms with Gasteiger partial charge in [0.15, 0.2) is 11.0 Å². The lowest BCUT2D eigenvalue weighted by atomic mass is 10.1. The summed E-state index contributed by atoms with van der Waals surface area (Å²) < 4.78 is 12.7. The zero-order chi connectivity index (χ0) is 18.7. The normalized spacial score (nSPS) is 25.6. The third kappa shape index (κ3) is 3.85. The number of methoxy groups -OCH3 is 1. The van der Waals surface area contributed by atoms with E-state index >= 15 is 0 Å². The van der Waals surface area contributed by atoms with Crippen LogP contribution in [0.4, 0.5) is 0 Å². The SMILES string of the molecule is COc1cccc(-c2nnc(SC[C@H]3OC(NCN)[C@H](O)[C@@H]3O)n2C)c1. The maximum absolute atomic E-state index is 10.1. The van der Waals surface area contributed by atoms with Crippen molar-refractivity contribution in [3.05, 3.63) is 24.3 Å². The van der Waals surface area contributed by atoms with Crippen LogP contribution in [0.1, 0.15) is 0 Å². The lowest BCUT2D eigenvalue weighted by Crippen LogP contribution is -2.43. The Morgan fingerprint density at radius 2 is 2.15 bits per heavy atom. The minimum atomic E-state index is -1.02. The molecular weight excluding hydrogens is 358 g/mol. The van der Waals surface area contributed by atoms with E-state index in [1.54, 1.807) is 7.11 Å². The van der Waals surface area contributed by atoms with Crippen molar-refractivity contribution in [2.45, 2.75) is 29.7 Å². The molecule has 26 heavy (non-hydrogen) atoms. The molecule has 4 atom stereocenters. The van der Waals surface area contributed by atoms with Crippen LogP contribution in [-0.4, -0.2) is 69.0 Å². The molecule has 2 aromatic rings. The lowest BCUT2D eigenvalue weighted by Gasteiger charge is -2.14. The number of nitrogens with zero attached hydrogens (tertiary/aromatic N) is 3. The van der Waals surface area contributed by atoms with Crippen molar-refractivity contribution in [2.24, 2.45) is 12.8 Å². The fourth-order valence-corrected chi connectivity index (χ4v) is 3.75. The Kier molecular flexibility index (Phi) is 6.12. The first-order chi connectivity index (χ1) is 12.5. The highest BCUT2D eigenvalue weighted by Gasteiger charge is 2.42. The standard InChI is InChI=1S/C16H23N5O4S/c1-21-14(9-4-3-5-10(6-9)24-2)19-20-16(21)26-7-11-12(22)13(23)15(25-11)18-8-17/h3-6,11-13,15,18,22-23H,7-8,17H2,1-2H3/t11-,12-,13-,15?/m1/s1. The molecule has 5 N–H and O–H groups in total. The van der Waals surface area contributed by atoms with Gasteiger partial charge in [0, 0.05) is 25.0 Å². The zero-order valence-corrected chi connectivity index (χ0v) is 15.4. The fourth-order valence-electron chi connectivity index (χ4n) is 2.78. The number of nitrogens with one attached hydrogen (secondary N) is 1. The average molecular weight is 381 g/mol. The first-order valence-electron chi connectivity index (χ1n) is 8.16. The van der Waals surface area contributed by atoms with E-state index in [0.29, 0.717) is 16.7 Å². The molecule has 0 amide bonds. The number of rotatable bonds is 7. The van der Waals surface area contributed by atoms with Gasteiger partial charge in [-0.1, -0.05) is 23.9 Å². The molecule has 0 spiro atoms. The molecule has 1 aromatic carbocycles. The summed E-state index contributed by atoms with van der Waals surface area (Å²) in [5.74, 6) is 1.88. The van der Waals surface area contributed by atoms with Crippen LogP contribution >= 0.6 is 11.8 Å². The maximum Gasteiger partial charge on any atom is 0.191 e. The second-order valence-electron chi connectivity index (χ2n) is 5.89. The van der Waals surface area contributed by atoms with E-state index in [-0.39, 0.29) is 6.67 Å². The third-order valence-corrected chi connectivity index (χ3v) is 5.33. The predicted molar refractivity (Wildman–Crippen MR) is 96.6 cm³/mol. The molecule has 9 nitrogen and oxygen atoms in total. The molecule has 10 heteroatoms. The highest BCUT2D eigenvalue weighted by molar-refractivity contribution is 7.99. The highest BCUT2D eigenvalue weighted by Crippen LogP contribution is 2.28. The molecule has 1 unspecified atom stereocenters. The van der Waals surface area contributed by atoms with Gasteiger partial charge in [-0.2, -0.15) is 0 Å². The quantitative estimate of drug-likeness (QED) is 0.372. The van der Waals surface area contributed by atoms with Gasteiger partial charge < -0.3 is 30.0 Å². The van der Waals surface area contributed by atoms with Crippen LogP contribution in [0.15, 0.2) is 29.4 Å². The topological polar surface area (TPSA) is 128 Å². The minimum Gasteiger partial charge on any atom is -0.497 e. The number of aromatic nitrogens is 3. The number of nitrogens with two attached hydrogens (primary N) is 1. The first kappa shape index (κ1) is 19.1. The number of thioether (sulfide) groups is 1. The molecule has 0 bridgehead atoms. The van der Waals surface area contributed by atoms with E-state index in [4.69, 9.17) is 15.2 Å². The average Bonchev–Trinajstić information content (AvgIpc) is 3.15. The zero-order valence-electron chi connectivity index (χ0n) is 14.6. The summed E-state index contributed by atoms with van der Waals surface area (Å²) in [5, 5.41) is 32.0. The summed E-state index contributed by atoms with van der Waals surface area (Å²) in [4.78, 5) is 0. The monoisotopic (exact) mass is 381 g/mol. The molecule has 142 valence electrons. The van der Waals surface area contributed by atoms with E-state index in [1.807, 2.05) is 35.9 Å². The van der Waals surface area contributed by atoms with E-state index in [2.05, 4.69) is 15.5 Å². The molecular formula is C16H23N5O4S. The van der Waals surface area contributed by atoms with Gasteiger partial charge in [-0.25, -0.2) is 0 Å². The van der Waals surface area contributed by atoms with Crippen LogP contribution in [0, 0.1) is 0 Å². The Bertz CT molecular complexity index is 743. The van der Waals surface area contributed by atoms with E-state index in [9.17, 15) is 10.2 Å². The molecule has 1 aliphatic heterocycles. The maximum atomic E-state index is 10.1. The smallest absolute Gasteiger partial charge is 0.191 e.